The molecule has 668 valence electrons. The van der Waals surface area contributed by atoms with Gasteiger partial charge in [0.25, 0.3) is 0 Å². The molecule has 0 saturated carbocycles. The minimum Gasteiger partial charge on any atom is -0.463 e. The lowest BCUT2D eigenvalue weighted by Gasteiger charge is -2.21. The van der Waals surface area contributed by atoms with Crippen molar-refractivity contribution in [3.8, 4) is 0 Å². The molecule has 0 fully saturated rings. The molecule has 0 rings (SSSR count). The lowest BCUT2D eigenvalue weighted by Crippen LogP contribution is -2.30. The molecule has 0 heterocycles. The Morgan fingerprint density at radius 3 is 0.726 bits per heavy atom. The van der Waals surface area contributed by atoms with Crippen LogP contribution in [-0.2, 0) is 55.8 Å². The van der Waals surface area contributed by atoms with Gasteiger partial charge in [0.15, 0.2) is 6.10 Å². The number of phosphoric acid groups is 2. The Hall–Kier alpha value is -5.35. The Balaban J connectivity index is 4.57. The molecule has 0 aromatic carbocycles. The summed E-state index contributed by atoms with van der Waals surface area (Å²) >= 11 is 0. The second-order valence-corrected chi connectivity index (χ2v) is 33.2. The van der Waals surface area contributed by atoms with Crippen LogP contribution in [0.4, 0.5) is 0 Å². The van der Waals surface area contributed by atoms with E-state index in [4.69, 9.17) is 32.3 Å². The van der Waals surface area contributed by atoms with E-state index in [9.17, 15) is 43.5 Å². The molecule has 4 N–H and O–H groups in total. The smallest absolute Gasteiger partial charge is 0.463 e. The molecule has 0 saturated heterocycles. The van der Waals surface area contributed by atoms with E-state index in [0.717, 1.165) is 161 Å². The molecule has 0 amide bonds. The maximum Gasteiger partial charge on any atom is 0.472 e. The number of hydrogen-bond acceptors (Lipinski definition) is 14. The van der Waals surface area contributed by atoms with Crippen molar-refractivity contribution in [3.63, 3.8) is 0 Å². The first-order valence-corrected chi connectivity index (χ1v) is 49.1. The van der Waals surface area contributed by atoms with Crippen molar-refractivity contribution >= 4 is 33.6 Å². The first-order chi connectivity index (χ1) is 57.2. The average Bonchev–Trinajstić information content (AvgIpc) is 0.899. The highest BCUT2D eigenvalue weighted by atomic mass is 31.2. The summed E-state index contributed by atoms with van der Waals surface area (Å²) in [7, 11) is -9.83. The molecule has 0 aromatic heterocycles. The van der Waals surface area contributed by atoms with Crippen LogP contribution >= 0.6 is 15.6 Å². The van der Waals surface area contributed by atoms with E-state index in [-0.39, 0.29) is 19.3 Å². The SMILES string of the molecule is CC/C=C\C/C=C\C/C=C\C/C=C\C/C=C\C/C=C\CCCCCCCCCCCCC(=O)OCC(COP(=O)(O)OCC(O)COP(=O)(O)OCC(O)COC(=O)CCCCCCCCCCCCCCCCCCC/C=C\C/C=C\C/C=C\C/C=C\CCCCC)OC(=O)CCCCC/C=C\C/C=C\C/C=C\C/C=C\C/C=C\CC. The summed E-state index contributed by atoms with van der Waals surface area (Å²) < 4.78 is 61.4. The normalized spacial score (nSPS) is 14.6. The van der Waals surface area contributed by atoms with Crippen LogP contribution < -0.4 is 0 Å². The van der Waals surface area contributed by atoms with Crippen LogP contribution in [0.25, 0.3) is 0 Å². The molecule has 18 heteroatoms. The van der Waals surface area contributed by atoms with E-state index < -0.39 is 91.5 Å². The molecule has 16 nitrogen and oxygen atoms in total. The molecule has 0 spiro atoms. The van der Waals surface area contributed by atoms with Gasteiger partial charge in [0, 0.05) is 19.3 Å². The third-order valence-electron chi connectivity index (χ3n) is 19.1. The van der Waals surface area contributed by atoms with E-state index in [0.29, 0.717) is 19.3 Å². The van der Waals surface area contributed by atoms with Crippen LogP contribution in [-0.4, -0.2) is 95.9 Å². The number of aliphatic hydroxyl groups excluding tert-OH is 2. The summed E-state index contributed by atoms with van der Waals surface area (Å²) in [5, 5.41) is 20.7. The number of phosphoric ester groups is 2. The Kier molecular flexibility index (Phi) is 85.8. The van der Waals surface area contributed by atoms with Gasteiger partial charge < -0.3 is 34.2 Å². The van der Waals surface area contributed by atoms with Crippen LogP contribution in [0.3, 0.4) is 0 Å². The number of hydrogen-bond donors (Lipinski definition) is 4. The second kappa shape index (κ2) is 89.9. The highest BCUT2D eigenvalue weighted by Crippen LogP contribution is 2.45. The molecule has 0 aliphatic rings. The number of carbonyl (C=O) groups is 3. The van der Waals surface area contributed by atoms with Gasteiger partial charge in [0.2, 0.25) is 0 Å². The Labute approximate surface area is 713 Å². The van der Waals surface area contributed by atoms with E-state index in [1.165, 1.54) is 148 Å². The molecule has 0 aliphatic heterocycles. The van der Waals surface area contributed by atoms with E-state index in [1.807, 2.05) is 0 Å². The van der Waals surface area contributed by atoms with Gasteiger partial charge >= 0.3 is 33.6 Å². The average molecular weight is 1670 g/mol. The zero-order valence-corrected chi connectivity index (χ0v) is 75.4. The van der Waals surface area contributed by atoms with Gasteiger partial charge in [-0.15, -0.1) is 0 Å². The Bertz CT molecular complexity index is 2860. The minimum absolute atomic E-state index is 0.0587. The number of carbonyl (C=O) groups excluding carboxylic acids is 3. The standard InChI is InChI=1S/C99H166O16P2/c1-4-7-10-13-16-19-22-25-28-31-34-36-38-40-42-44-45-46-47-49-51-52-54-56-59-61-64-67-70-73-76-79-82-85-97(102)109-88-94(100)89-111-116(105,106)112-90-95(101)91-113-117(107,108)114-93-96(115-99(104)87-84-81-78-75-72-69-66-63-58-33-30-27-24-21-18-15-12-9-6-3)92-110-98(103)86-83-80-77-74-71-68-65-62-60-57-55-53-50-48-43-41-39-37-35-32-29-26-23-20-17-14-11-8-5-2/h8-9,11-12,16-21,25-30,34-37,40-43,50,53,58,63,69,72,94-96,100-101H,4-7,10,13-15,22-24,31-33,38-39,44-49,51-52,54-57,59-62,64-68,70-71,73-93H2,1-3H3,(H,105,106)(H,107,108)/b11-8-,12-9-,19-16-,20-17-,21-18-,28-25-,29-26-,30-27-,36-34-,37-35-,42-40-,43-41-,53-50-,63-58-,72-69-. The van der Waals surface area contributed by atoms with Crippen molar-refractivity contribution < 1.29 is 75.8 Å². The largest absolute Gasteiger partial charge is 0.472 e. The van der Waals surface area contributed by atoms with Crippen LogP contribution in [0.2, 0.25) is 0 Å². The molecule has 0 aliphatic carbocycles. The first kappa shape index (κ1) is 112. The van der Waals surface area contributed by atoms with Crippen molar-refractivity contribution in [2.75, 3.05) is 39.6 Å². The van der Waals surface area contributed by atoms with Crippen molar-refractivity contribution in [1.82, 2.24) is 0 Å². The lowest BCUT2D eigenvalue weighted by atomic mass is 10.0. The van der Waals surface area contributed by atoms with E-state index in [2.05, 4.69) is 203 Å². The molecule has 0 bridgehead atoms. The van der Waals surface area contributed by atoms with Gasteiger partial charge in [-0.1, -0.05) is 370 Å². The maximum absolute atomic E-state index is 13.0. The molecule has 0 radical (unpaired) electrons. The zero-order valence-electron chi connectivity index (χ0n) is 73.6. The predicted octanol–water partition coefficient (Wildman–Crippen LogP) is 28.4. The second-order valence-electron chi connectivity index (χ2n) is 30.3. The monoisotopic (exact) mass is 1670 g/mol. The van der Waals surface area contributed by atoms with Gasteiger partial charge in [0.05, 0.1) is 26.4 Å². The fourth-order valence-corrected chi connectivity index (χ4v) is 13.8. The molecular weight excluding hydrogens is 1510 g/mol. The summed E-state index contributed by atoms with van der Waals surface area (Å²) in [5.41, 5.74) is 0. The number of ether oxygens (including phenoxy) is 3. The van der Waals surface area contributed by atoms with Crippen molar-refractivity contribution in [3.05, 3.63) is 182 Å². The zero-order chi connectivity index (χ0) is 85.1. The van der Waals surface area contributed by atoms with Crippen LogP contribution in [0.1, 0.15) is 367 Å². The Morgan fingerprint density at radius 1 is 0.248 bits per heavy atom. The van der Waals surface area contributed by atoms with E-state index in [1.54, 1.807) is 0 Å². The van der Waals surface area contributed by atoms with Crippen LogP contribution in [0, 0.1) is 0 Å². The van der Waals surface area contributed by atoms with Gasteiger partial charge in [-0.3, -0.25) is 32.5 Å². The van der Waals surface area contributed by atoms with E-state index >= 15 is 0 Å². The van der Waals surface area contributed by atoms with Gasteiger partial charge in [-0.05, 0) is 161 Å². The summed E-state index contributed by atoms with van der Waals surface area (Å²) in [5.74, 6) is -1.62. The van der Waals surface area contributed by atoms with Gasteiger partial charge in [-0.2, -0.15) is 0 Å². The number of unbranched alkanes of at least 4 members (excludes halogenated alkanes) is 33. The predicted molar refractivity (Wildman–Crippen MR) is 491 cm³/mol. The third kappa shape index (κ3) is 91.2. The molecule has 0 aromatic rings. The van der Waals surface area contributed by atoms with Crippen LogP contribution in [0.5, 0.6) is 0 Å². The highest BCUT2D eigenvalue weighted by molar-refractivity contribution is 7.47. The fraction of sp³-hybridized carbons (Fsp3) is 0.667. The summed E-state index contributed by atoms with van der Waals surface area (Å²) in [4.78, 5) is 59.0. The summed E-state index contributed by atoms with van der Waals surface area (Å²) in [6.45, 7) is 2.41. The van der Waals surface area contributed by atoms with Crippen molar-refractivity contribution in [2.45, 2.75) is 386 Å². The van der Waals surface area contributed by atoms with Gasteiger partial charge in [0.1, 0.15) is 25.4 Å². The van der Waals surface area contributed by atoms with Crippen LogP contribution in [0.15, 0.2) is 182 Å². The molecule has 5 unspecified atom stereocenters. The number of allylic oxidation sites excluding steroid dienone is 30. The van der Waals surface area contributed by atoms with Gasteiger partial charge in [-0.25, -0.2) is 9.13 Å². The number of esters is 3. The Morgan fingerprint density at radius 2 is 0.453 bits per heavy atom. The summed E-state index contributed by atoms with van der Waals surface area (Å²) in [6.07, 6.45) is 118. The van der Waals surface area contributed by atoms with Crippen molar-refractivity contribution in [2.24, 2.45) is 0 Å². The topological polar surface area (TPSA) is 231 Å². The molecule has 5 atom stereocenters. The first-order valence-electron chi connectivity index (χ1n) is 46.1. The molecule has 117 heavy (non-hydrogen) atoms. The molecular formula is C99H166O16P2. The quantitative estimate of drug-likeness (QED) is 0.0146. The third-order valence-corrected chi connectivity index (χ3v) is 21.0. The van der Waals surface area contributed by atoms with Crippen molar-refractivity contribution in [1.29, 1.82) is 0 Å². The number of aliphatic hydroxyl groups is 2. The highest BCUT2D eigenvalue weighted by Gasteiger charge is 2.29. The minimum atomic E-state index is -4.96. The fourth-order valence-electron chi connectivity index (χ4n) is 12.2. The number of rotatable bonds is 86. The maximum atomic E-state index is 13.0. The lowest BCUT2D eigenvalue weighted by molar-refractivity contribution is -0.161. The summed E-state index contributed by atoms with van der Waals surface area (Å²) in [6, 6.07) is 0.